The van der Waals surface area contributed by atoms with Gasteiger partial charge in [-0.3, -0.25) is 4.79 Å². The molecule has 1 amide bonds. The Morgan fingerprint density at radius 1 is 1.29 bits per heavy atom. The van der Waals surface area contributed by atoms with Crippen molar-refractivity contribution in [3.63, 3.8) is 0 Å². The maximum absolute atomic E-state index is 12.1. The van der Waals surface area contributed by atoms with Crippen molar-refractivity contribution in [3.8, 4) is 5.75 Å². The van der Waals surface area contributed by atoms with E-state index in [1.54, 1.807) is 24.3 Å². The highest BCUT2D eigenvalue weighted by Gasteiger charge is 2.14. The summed E-state index contributed by atoms with van der Waals surface area (Å²) in [4.78, 5) is 12.1. The van der Waals surface area contributed by atoms with Gasteiger partial charge in [-0.2, -0.15) is 0 Å². The minimum atomic E-state index is -0.645. The zero-order chi connectivity index (χ0) is 15.4. The van der Waals surface area contributed by atoms with Crippen LogP contribution >= 0.6 is 15.9 Å². The summed E-state index contributed by atoms with van der Waals surface area (Å²) >= 11 is 3.39. The Hall–Kier alpha value is -1.85. The zero-order valence-corrected chi connectivity index (χ0v) is 13.2. The van der Waals surface area contributed by atoms with E-state index >= 15 is 0 Å². The molecule has 0 radical (unpaired) electrons. The van der Waals surface area contributed by atoms with Crippen LogP contribution in [0.2, 0.25) is 0 Å². The van der Waals surface area contributed by atoms with E-state index in [1.165, 1.54) is 0 Å². The van der Waals surface area contributed by atoms with Crippen molar-refractivity contribution < 1.29 is 9.90 Å². The Morgan fingerprint density at radius 2 is 1.95 bits per heavy atom. The molecule has 4 nitrogen and oxygen atoms in total. The van der Waals surface area contributed by atoms with Gasteiger partial charge in [0.05, 0.1) is 6.04 Å². The van der Waals surface area contributed by atoms with Crippen LogP contribution in [0, 0.1) is 6.92 Å². The Kier molecular flexibility index (Phi) is 4.98. The number of carbonyl (C=O) groups excluding carboxylic acids is 1. The SMILES string of the molecule is Cc1cc(Br)cc(NC(=O)C(N)Cc2ccc(O)cc2)c1. The highest BCUT2D eigenvalue weighted by Crippen LogP contribution is 2.19. The molecule has 0 saturated carbocycles. The lowest BCUT2D eigenvalue weighted by molar-refractivity contribution is -0.117. The first kappa shape index (κ1) is 15.5. The second kappa shape index (κ2) is 6.74. The maximum Gasteiger partial charge on any atom is 0.241 e. The van der Waals surface area contributed by atoms with Crippen LogP contribution in [-0.4, -0.2) is 17.1 Å². The first-order valence-corrected chi connectivity index (χ1v) is 7.35. The number of phenols is 1. The number of hydrogen-bond acceptors (Lipinski definition) is 3. The highest BCUT2D eigenvalue weighted by molar-refractivity contribution is 9.10. The molecular weight excluding hydrogens is 332 g/mol. The number of nitrogens with one attached hydrogen (secondary N) is 1. The van der Waals surface area contributed by atoms with E-state index in [0.29, 0.717) is 12.1 Å². The fourth-order valence-electron chi connectivity index (χ4n) is 2.02. The second-order valence-electron chi connectivity index (χ2n) is 4.98. The van der Waals surface area contributed by atoms with Crippen LogP contribution in [0.4, 0.5) is 5.69 Å². The number of nitrogens with two attached hydrogens (primary N) is 1. The number of anilines is 1. The second-order valence-corrected chi connectivity index (χ2v) is 5.90. The van der Waals surface area contributed by atoms with Gasteiger partial charge in [0.2, 0.25) is 5.91 Å². The number of carbonyl (C=O) groups is 1. The molecule has 0 heterocycles. The lowest BCUT2D eigenvalue weighted by Crippen LogP contribution is -2.37. The monoisotopic (exact) mass is 348 g/mol. The van der Waals surface area contributed by atoms with Crippen LogP contribution in [0.15, 0.2) is 46.9 Å². The molecule has 5 heteroatoms. The normalized spacial score (nSPS) is 12.0. The van der Waals surface area contributed by atoms with Crippen molar-refractivity contribution in [3.05, 3.63) is 58.1 Å². The van der Waals surface area contributed by atoms with E-state index in [0.717, 1.165) is 15.6 Å². The van der Waals surface area contributed by atoms with Gasteiger partial charge in [0.1, 0.15) is 5.75 Å². The number of amides is 1. The van der Waals surface area contributed by atoms with Crippen molar-refractivity contribution in [1.82, 2.24) is 0 Å². The van der Waals surface area contributed by atoms with E-state index in [9.17, 15) is 9.90 Å². The molecule has 0 fully saturated rings. The number of rotatable bonds is 4. The third kappa shape index (κ3) is 4.58. The first-order chi connectivity index (χ1) is 9.94. The maximum atomic E-state index is 12.1. The molecule has 2 aromatic rings. The molecule has 0 saturated heterocycles. The smallest absolute Gasteiger partial charge is 0.241 e. The fraction of sp³-hybridized carbons (Fsp3) is 0.188. The lowest BCUT2D eigenvalue weighted by atomic mass is 10.1. The Bertz CT molecular complexity index is 621. The van der Waals surface area contributed by atoms with E-state index in [4.69, 9.17) is 5.73 Å². The third-order valence-electron chi connectivity index (χ3n) is 3.04. The number of benzene rings is 2. The summed E-state index contributed by atoms with van der Waals surface area (Å²) in [6, 6.07) is 11.7. The molecule has 0 aliphatic carbocycles. The van der Waals surface area contributed by atoms with Crippen molar-refractivity contribution in [2.75, 3.05) is 5.32 Å². The van der Waals surface area contributed by atoms with Crippen LogP contribution in [-0.2, 0) is 11.2 Å². The van der Waals surface area contributed by atoms with E-state index in [-0.39, 0.29) is 11.7 Å². The van der Waals surface area contributed by atoms with Gasteiger partial charge in [-0.25, -0.2) is 0 Å². The topological polar surface area (TPSA) is 75.4 Å². The molecule has 2 rings (SSSR count). The minimum absolute atomic E-state index is 0.196. The van der Waals surface area contributed by atoms with Gasteiger partial charge in [0.25, 0.3) is 0 Å². The van der Waals surface area contributed by atoms with Gasteiger partial charge in [-0.1, -0.05) is 28.1 Å². The van der Waals surface area contributed by atoms with Crippen LogP contribution in [0.5, 0.6) is 5.75 Å². The fourth-order valence-corrected chi connectivity index (χ4v) is 2.63. The molecular formula is C16H17BrN2O2. The number of aromatic hydroxyl groups is 1. The molecule has 110 valence electrons. The molecule has 0 aliphatic rings. The van der Waals surface area contributed by atoms with E-state index < -0.39 is 6.04 Å². The predicted molar refractivity (Wildman–Crippen MR) is 87.3 cm³/mol. The first-order valence-electron chi connectivity index (χ1n) is 6.55. The Labute approximate surface area is 132 Å². The molecule has 1 unspecified atom stereocenters. The van der Waals surface area contributed by atoms with Crippen molar-refractivity contribution in [2.24, 2.45) is 5.73 Å². The average molecular weight is 349 g/mol. The molecule has 0 spiro atoms. The summed E-state index contributed by atoms with van der Waals surface area (Å²) in [5, 5.41) is 12.0. The number of phenolic OH excluding ortho intramolecular Hbond substituents is 1. The van der Waals surface area contributed by atoms with E-state index in [2.05, 4.69) is 21.2 Å². The van der Waals surface area contributed by atoms with Gasteiger partial charge >= 0.3 is 0 Å². The average Bonchev–Trinajstić information content (AvgIpc) is 2.40. The quantitative estimate of drug-likeness (QED) is 0.794. The molecule has 0 aromatic heterocycles. The van der Waals surface area contributed by atoms with E-state index in [1.807, 2.05) is 25.1 Å². The summed E-state index contributed by atoms with van der Waals surface area (Å²) < 4.78 is 0.907. The Morgan fingerprint density at radius 3 is 2.57 bits per heavy atom. The van der Waals surface area contributed by atoms with Crippen LogP contribution < -0.4 is 11.1 Å². The number of aryl methyl sites for hydroxylation is 1. The van der Waals surface area contributed by atoms with Crippen molar-refractivity contribution in [2.45, 2.75) is 19.4 Å². The Balaban J connectivity index is 2.00. The summed E-state index contributed by atoms with van der Waals surface area (Å²) in [5.74, 6) is -0.0399. The highest BCUT2D eigenvalue weighted by atomic mass is 79.9. The van der Waals surface area contributed by atoms with Crippen molar-refractivity contribution >= 4 is 27.5 Å². The largest absolute Gasteiger partial charge is 0.508 e. The van der Waals surface area contributed by atoms with Gasteiger partial charge in [-0.05, 0) is 54.8 Å². The van der Waals surface area contributed by atoms with Crippen LogP contribution in [0.25, 0.3) is 0 Å². The summed E-state index contributed by atoms with van der Waals surface area (Å²) in [5.41, 5.74) is 8.59. The summed E-state index contributed by atoms with van der Waals surface area (Å²) in [7, 11) is 0. The molecule has 0 aliphatic heterocycles. The molecule has 4 N–H and O–H groups in total. The zero-order valence-electron chi connectivity index (χ0n) is 11.6. The van der Waals surface area contributed by atoms with Crippen LogP contribution in [0.1, 0.15) is 11.1 Å². The van der Waals surface area contributed by atoms with Crippen LogP contribution in [0.3, 0.4) is 0 Å². The standard InChI is InChI=1S/C16H17BrN2O2/c1-10-6-12(17)9-13(7-10)19-16(21)15(18)8-11-2-4-14(20)5-3-11/h2-7,9,15,20H,8,18H2,1H3,(H,19,21). The van der Waals surface area contributed by atoms with Gasteiger partial charge < -0.3 is 16.2 Å². The number of halogens is 1. The lowest BCUT2D eigenvalue weighted by Gasteiger charge is -2.13. The third-order valence-corrected chi connectivity index (χ3v) is 3.50. The molecule has 0 bridgehead atoms. The summed E-state index contributed by atoms with van der Waals surface area (Å²) in [6.07, 6.45) is 0.416. The van der Waals surface area contributed by atoms with Gasteiger partial charge in [0, 0.05) is 10.2 Å². The molecule has 1 atom stereocenters. The molecule has 21 heavy (non-hydrogen) atoms. The van der Waals surface area contributed by atoms with Gasteiger partial charge in [0.15, 0.2) is 0 Å². The molecule has 2 aromatic carbocycles. The predicted octanol–water partition coefficient (Wildman–Crippen LogP) is 2.97. The minimum Gasteiger partial charge on any atom is -0.508 e. The summed E-state index contributed by atoms with van der Waals surface area (Å²) in [6.45, 7) is 1.96. The number of hydrogen-bond donors (Lipinski definition) is 3. The van der Waals surface area contributed by atoms with Gasteiger partial charge in [-0.15, -0.1) is 0 Å². The van der Waals surface area contributed by atoms with Crippen molar-refractivity contribution in [1.29, 1.82) is 0 Å².